The van der Waals surface area contributed by atoms with Crippen LogP contribution in [0.1, 0.15) is 5.56 Å². The van der Waals surface area contributed by atoms with Crippen LogP contribution < -0.4 is 4.72 Å². The average Bonchev–Trinajstić information content (AvgIpc) is 2.38. The highest BCUT2D eigenvalue weighted by Gasteiger charge is 2.14. The lowest BCUT2D eigenvalue weighted by atomic mass is 10.2. The summed E-state index contributed by atoms with van der Waals surface area (Å²) in [6.07, 6.45) is 0. The fraction of sp³-hybridized carbons (Fsp3) is 0.0769. The van der Waals surface area contributed by atoms with Crippen molar-refractivity contribution in [1.29, 1.82) is 0 Å². The van der Waals surface area contributed by atoms with Crippen molar-refractivity contribution in [3.8, 4) is 0 Å². The number of nitrogens with one attached hydrogen (secondary N) is 1. The second-order valence-electron chi connectivity index (χ2n) is 3.87. The van der Waals surface area contributed by atoms with E-state index in [-0.39, 0.29) is 11.4 Å². The van der Waals surface area contributed by atoms with E-state index in [2.05, 4.69) is 20.7 Å². The van der Waals surface area contributed by atoms with Gasteiger partial charge in [0.2, 0.25) is 10.0 Å². The molecule has 0 heterocycles. The molecule has 6 heteroatoms. The summed E-state index contributed by atoms with van der Waals surface area (Å²) in [4.78, 5) is 0.159. The predicted molar refractivity (Wildman–Crippen MR) is 79.6 cm³/mol. The van der Waals surface area contributed by atoms with Crippen LogP contribution in [-0.4, -0.2) is 8.42 Å². The molecule has 100 valence electrons. The van der Waals surface area contributed by atoms with E-state index < -0.39 is 10.0 Å². The minimum Gasteiger partial charge on any atom is -0.207 e. The maximum Gasteiger partial charge on any atom is 0.240 e. The van der Waals surface area contributed by atoms with Gasteiger partial charge < -0.3 is 0 Å². The number of halogens is 2. The van der Waals surface area contributed by atoms with E-state index in [4.69, 9.17) is 11.6 Å². The zero-order valence-electron chi connectivity index (χ0n) is 9.81. The Morgan fingerprint density at radius 2 is 1.84 bits per heavy atom. The molecule has 0 saturated carbocycles. The zero-order chi connectivity index (χ0) is 13.9. The second kappa shape index (κ2) is 6.05. The van der Waals surface area contributed by atoms with Gasteiger partial charge >= 0.3 is 0 Å². The average molecular weight is 361 g/mol. The molecule has 0 fully saturated rings. The van der Waals surface area contributed by atoms with Gasteiger partial charge in [-0.1, -0.05) is 51.8 Å². The Labute approximate surface area is 125 Å². The van der Waals surface area contributed by atoms with Gasteiger partial charge in [-0.15, -0.1) is 0 Å². The Morgan fingerprint density at radius 3 is 2.53 bits per heavy atom. The fourth-order valence-corrected chi connectivity index (χ4v) is 3.26. The van der Waals surface area contributed by atoms with Gasteiger partial charge in [-0.25, -0.2) is 13.1 Å². The van der Waals surface area contributed by atoms with E-state index >= 15 is 0 Å². The smallest absolute Gasteiger partial charge is 0.207 e. The van der Waals surface area contributed by atoms with Crippen molar-refractivity contribution >= 4 is 37.6 Å². The Kier molecular flexibility index (Phi) is 4.62. The highest BCUT2D eigenvalue weighted by molar-refractivity contribution is 9.10. The monoisotopic (exact) mass is 359 g/mol. The molecule has 0 aliphatic carbocycles. The van der Waals surface area contributed by atoms with E-state index in [0.717, 1.165) is 10.0 Å². The summed E-state index contributed by atoms with van der Waals surface area (Å²) in [7, 11) is -3.55. The minimum absolute atomic E-state index is 0.159. The Morgan fingerprint density at radius 1 is 1.11 bits per heavy atom. The van der Waals surface area contributed by atoms with E-state index in [1.165, 1.54) is 12.1 Å². The van der Waals surface area contributed by atoms with E-state index in [1.54, 1.807) is 12.1 Å². The van der Waals surface area contributed by atoms with E-state index in [1.807, 2.05) is 24.3 Å². The van der Waals surface area contributed by atoms with Crippen LogP contribution in [0.5, 0.6) is 0 Å². The van der Waals surface area contributed by atoms with Crippen molar-refractivity contribution in [2.45, 2.75) is 11.4 Å². The molecule has 0 aliphatic heterocycles. The number of benzene rings is 2. The molecule has 3 nitrogen and oxygen atoms in total. The molecule has 0 unspecified atom stereocenters. The lowest BCUT2D eigenvalue weighted by molar-refractivity contribution is 0.581. The topological polar surface area (TPSA) is 46.2 Å². The van der Waals surface area contributed by atoms with Gasteiger partial charge in [0.05, 0.1) is 4.90 Å². The molecule has 2 aromatic rings. The number of sulfonamides is 1. The van der Waals surface area contributed by atoms with Crippen LogP contribution in [0, 0.1) is 0 Å². The fourth-order valence-electron chi connectivity index (χ4n) is 1.53. The van der Waals surface area contributed by atoms with Gasteiger partial charge in [0, 0.05) is 16.0 Å². The van der Waals surface area contributed by atoms with Gasteiger partial charge in [0.15, 0.2) is 0 Å². The normalized spacial score (nSPS) is 11.5. The molecule has 0 aromatic heterocycles. The lowest BCUT2D eigenvalue weighted by Gasteiger charge is -2.08. The summed E-state index contributed by atoms with van der Waals surface area (Å²) in [5.41, 5.74) is 0.869. The summed E-state index contributed by atoms with van der Waals surface area (Å²) >= 11 is 9.17. The molecule has 0 radical (unpaired) electrons. The highest BCUT2D eigenvalue weighted by Crippen LogP contribution is 2.18. The summed E-state index contributed by atoms with van der Waals surface area (Å²) in [5, 5.41) is 0.392. The van der Waals surface area contributed by atoms with Crippen LogP contribution in [0.2, 0.25) is 5.02 Å². The van der Waals surface area contributed by atoms with Crippen molar-refractivity contribution in [3.63, 3.8) is 0 Å². The van der Waals surface area contributed by atoms with Crippen molar-refractivity contribution in [3.05, 3.63) is 63.6 Å². The maximum absolute atomic E-state index is 12.1. The van der Waals surface area contributed by atoms with Crippen molar-refractivity contribution in [2.75, 3.05) is 0 Å². The van der Waals surface area contributed by atoms with Crippen molar-refractivity contribution in [2.24, 2.45) is 0 Å². The summed E-state index contributed by atoms with van der Waals surface area (Å²) < 4.78 is 27.6. The molecule has 0 spiro atoms. The highest BCUT2D eigenvalue weighted by atomic mass is 79.9. The Bertz CT molecular complexity index is 689. The first-order valence-electron chi connectivity index (χ1n) is 5.48. The molecule has 2 aromatic carbocycles. The first-order chi connectivity index (χ1) is 8.99. The molecule has 1 N–H and O–H groups in total. The van der Waals surface area contributed by atoms with Crippen LogP contribution in [0.4, 0.5) is 0 Å². The molecule has 0 saturated heterocycles. The summed E-state index contributed by atoms with van der Waals surface area (Å²) in [6.45, 7) is 0.219. The number of rotatable bonds is 4. The second-order valence-corrected chi connectivity index (χ2v) is 6.93. The predicted octanol–water partition coefficient (Wildman–Crippen LogP) is 3.58. The quantitative estimate of drug-likeness (QED) is 0.906. The molecular weight excluding hydrogens is 350 g/mol. The molecular formula is C13H11BrClNO2S. The van der Waals surface area contributed by atoms with Crippen LogP contribution in [0.3, 0.4) is 0 Å². The van der Waals surface area contributed by atoms with Crippen molar-refractivity contribution < 1.29 is 8.42 Å². The van der Waals surface area contributed by atoms with Gasteiger partial charge in [-0.3, -0.25) is 0 Å². The summed E-state index contributed by atoms with van der Waals surface area (Å²) in [6, 6.07) is 13.6. The van der Waals surface area contributed by atoms with Crippen LogP contribution in [0.25, 0.3) is 0 Å². The van der Waals surface area contributed by atoms with Gasteiger partial charge in [0.25, 0.3) is 0 Å². The van der Waals surface area contributed by atoms with Gasteiger partial charge in [-0.05, 0) is 29.8 Å². The first-order valence-corrected chi connectivity index (χ1v) is 8.13. The van der Waals surface area contributed by atoms with Crippen LogP contribution in [0.15, 0.2) is 57.9 Å². The van der Waals surface area contributed by atoms with E-state index in [9.17, 15) is 8.42 Å². The van der Waals surface area contributed by atoms with E-state index in [0.29, 0.717) is 5.02 Å². The minimum atomic E-state index is -3.55. The van der Waals surface area contributed by atoms with Gasteiger partial charge in [0.1, 0.15) is 0 Å². The zero-order valence-corrected chi connectivity index (χ0v) is 13.0. The largest absolute Gasteiger partial charge is 0.240 e. The Hall–Kier alpha value is -0.880. The van der Waals surface area contributed by atoms with Crippen LogP contribution in [-0.2, 0) is 16.6 Å². The molecule has 0 amide bonds. The lowest BCUT2D eigenvalue weighted by Crippen LogP contribution is -2.23. The van der Waals surface area contributed by atoms with Gasteiger partial charge in [-0.2, -0.15) is 0 Å². The number of hydrogen-bond acceptors (Lipinski definition) is 2. The third-order valence-electron chi connectivity index (χ3n) is 2.52. The summed E-state index contributed by atoms with van der Waals surface area (Å²) in [5.74, 6) is 0. The standard InChI is InChI=1S/C13H11BrClNO2S/c14-13-7-2-1-4-10(13)9-16-19(17,18)12-6-3-5-11(15)8-12/h1-8,16H,9H2. The molecule has 0 atom stereocenters. The molecule has 19 heavy (non-hydrogen) atoms. The van der Waals surface area contributed by atoms with Crippen molar-refractivity contribution in [1.82, 2.24) is 4.72 Å². The number of hydrogen-bond donors (Lipinski definition) is 1. The first kappa shape index (κ1) is 14.5. The maximum atomic E-state index is 12.1. The SMILES string of the molecule is O=S(=O)(NCc1ccccc1Br)c1cccc(Cl)c1. The van der Waals surface area contributed by atoms with Crippen LogP contribution >= 0.6 is 27.5 Å². The molecule has 0 aliphatic rings. The molecule has 0 bridgehead atoms. The Balaban J connectivity index is 2.17. The molecule has 2 rings (SSSR count). The third kappa shape index (κ3) is 3.79. The third-order valence-corrected chi connectivity index (χ3v) is 4.92.